The topological polar surface area (TPSA) is 79.3 Å². The molecule has 1 amide bonds. The fraction of sp³-hybridized carbons (Fsp3) is 0.407. The molecule has 2 aromatic rings. The van der Waals surface area contributed by atoms with E-state index in [-0.39, 0.29) is 29.5 Å². The number of amides is 1. The van der Waals surface area contributed by atoms with Gasteiger partial charge in [-0.3, -0.25) is 9.59 Å². The first kappa shape index (κ1) is 25.1. The molecule has 0 saturated carbocycles. The summed E-state index contributed by atoms with van der Waals surface area (Å²) in [5.74, 6) is -1.34. The molecule has 0 aromatic heterocycles. The van der Waals surface area contributed by atoms with Gasteiger partial charge in [0.05, 0.1) is 30.4 Å². The van der Waals surface area contributed by atoms with Crippen LogP contribution >= 0.6 is 11.6 Å². The summed E-state index contributed by atoms with van der Waals surface area (Å²) in [6, 6.07) is 11.8. The van der Waals surface area contributed by atoms with Gasteiger partial charge in [-0.2, -0.15) is 0 Å². The number of aliphatic hydroxyl groups is 1. The molecule has 8 heteroatoms. The normalized spacial score (nSPS) is 21.5. The zero-order valence-electron chi connectivity index (χ0n) is 20.3. The van der Waals surface area contributed by atoms with E-state index in [1.54, 1.807) is 12.1 Å². The monoisotopic (exact) mass is 498 g/mol. The van der Waals surface area contributed by atoms with E-state index in [2.05, 4.69) is 18.7 Å². The molecular weight excluding hydrogens is 468 g/mol. The third-order valence-electron chi connectivity index (χ3n) is 6.72. The number of carbonyl (C=O) groups excluding carboxylic acids is 2. The minimum absolute atomic E-state index is 0.0177. The van der Waals surface area contributed by atoms with Gasteiger partial charge < -0.3 is 24.4 Å². The van der Waals surface area contributed by atoms with Crippen molar-refractivity contribution < 1.29 is 24.2 Å². The molecule has 2 heterocycles. The number of hydrogen-bond acceptors (Lipinski definition) is 6. The number of rotatable bonds is 8. The lowest BCUT2D eigenvalue weighted by molar-refractivity contribution is -0.140. The largest absolute Gasteiger partial charge is 0.507 e. The van der Waals surface area contributed by atoms with Crippen LogP contribution in [0.25, 0.3) is 5.76 Å². The number of carbonyl (C=O) groups is 2. The number of hydrogen-bond donors (Lipinski definition) is 1. The van der Waals surface area contributed by atoms with Gasteiger partial charge in [-0.25, -0.2) is 0 Å². The van der Waals surface area contributed by atoms with Gasteiger partial charge in [0.1, 0.15) is 11.5 Å². The molecule has 0 radical (unpaired) electrons. The summed E-state index contributed by atoms with van der Waals surface area (Å²) >= 11 is 6.19. The maximum absolute atomic E-state index is 13.3. The Morgan fingerprint density at radius 2 is 1.89 bits per heavy atom. The Balaban J connectivity index is 1.84. The van der Waals surface area contributed by atoms with E-state index in [0.29, 0.717) is 17.4 Å². The summed E-state index contributed by atoms with van der Waals surface area (Å²) in [6.07, 6.45) is 1.59. The van der Waals surface area contributed by atoms with Crippen molar-refractivity contribution in [1.82, 2.24) is 4.90 Å². The van der Waals surface area contributed by atoms with Crippen LogP contribution in [0.15, 0.2) is 48.0 Å². The Bertz CT molecular complexity index is 1120. The maximum atomic E-state index is 13.3. The highest BCUT2D eigenvalue weighted by atomic mass is 35.5. The number of methoxy groups -OCH3 is 1. The lowest BCUT2D eigenvalue weighted by atomic mass is 9.94. The summed E-state index contributed by atoms with van der Waals surface area (Å²) in [5.41, 5.74) is 2.07. The van der Waals surface area contributed by atoms with Crippen molar-refractivity contribution in [3.05, 3.63) is 64.2 Å². The van der Waals surface area contributed by atoms with Gasteiger partial charge in [-0.1, -0.05) is 23.7 Å². The molecule has 0 aliphatic carbocycles. The quantitative estimate of drug-likeness (QED) is 0.320. The van der Waals surface area contributed by atoms with E-state index in [9.17, 15) is 14.7 Å². The third kappa shape index (κ3) is 4.88. The average Bonchev–Trinajstić information content (AvgIpc) is 3.47. The molecule has 2 atom stereocenters. The van der Waals surface area contributed by atoms with Crippen LogP contribution in [0.1, 0.15) is 43.9 Å². The lowest BCUT2D eigenvalue weighted by Gasteiger charge is -2.28. The number of halogens is 1. The van der Waals surface area contributed by atoms with Crippen molar-refractivity contribution in [1.29, 1.82) is 0 Å². The highest BCUT2D eigenvalue weighted by Crippen LogP contribution is 2.42. The first-order chi connectivity index (χ1) is 16.9. The van der Waals surface area contributed by atoms with E-state index in [4.69, 9.17) is 21.1 Å². The maximum Gasteiger partial charge on any atom is 0.295 e. The zero-order chi connectivity index (χ0) is 25.1. The Morgan fingerprint density at radius 3 is 2.49 bits per heavy atom. The van der Waals surface area contributed by atoms with Crippen LogP contribution in [-0.4, -0.2) is 61.2 Å². The fourth-order valence-electron chi connectivity index (χ4n) is 4.89. The van der Waals surface area contributed by atoms with E-state index in [1.807, 2.05) is 24.3 Å². The van der Waals surface area contributed by atoms with Crippen molar-refractivity contribution in [2.45, 2.75) is 38.8 Å². The Labute approximate surface area is 210 Å². The van der Waals surface area contributed by atoms with E-state index < -0.39 is 17.7 Å². The summed E-state index contributed by atoms with van der Waals surface area (Å²) in [5, 5.41) is 11.8. The second-order valence-corrected chi connectivity index (χ2v) is 9.13. The zero-order valence-corrected chi connectivity index (χ0v) is 21.0. The van der Waals surface area contributed by atoms with Gasteiger partial charge in [0.25, 0.3) is 11.7 Å². The number of aliphatic hydroxyl groups excluding tert-OH is 1. The summed E-state index contributed by atoms with van der Waals surface area (Å²) < 4.78 is 11.2. The fourth-order valence-corrected chi connectivity index (χ4v) is 5.06. The molecule has 35 heavy (non-hydrogen) atoms. The van der Waals surface area contributed by atoms with Crippen molar-refractivity contribution >= 4 is 34.7 Å². The highest BCUT2D eigenvalue weighted by molar-refractivity contribution is 6.46. The molecule has 186 valence electrons. The summed E-state index contributed by atoms with van der Waals surface area (Å²) in [6.45, 7) is 6.82. The molecule has 4 rings (SSSR count). The highest BCUT2D eigenvalue weighted by Gasteiger charge is 2.47. The minimum atomic E-state index is -0.756. The van der Waals surface area contributed by atoms with Gasteiger partial charge in [0, 0.05) is 37.0 Å². The van der Waals surface area contributed by atoms with Gasteiger partial charge >= 0.3 is 0 Å². The number of likely N-dealkylation sites (tertiary alicyclic amines) is 1. The number of Topliss-reactive ketones (excluding diaryl/α,β-unsaturated/α-hetero) is 1. The third-order valence-corrected chi connectivity index (χ3v) is 6.95. The number of nitrogens with zero attached hydrogens (tertiary/aromatic N) is 2. The number of anilines is 1. The van der Waals surface area contributed by atoms with Crippen LogP contribution in [0.5, 0.6) is 5.75 Å². The summed E-state index contributed by atoms with van der Waals surface area (Å²) in [4.78, 5) is 30.3. The van der Waals surface area contributed by atoms with Gasteiger partial charge in [-0.05, 0) is 62.6 Å². The molecule has 2 aromatic carbocycles. The molecule has 2 saturated heterocycles. The smallest absolute Gasteiger partial charge is 0.295 e. The molecule has 2 aliphatic heterocycles. The lowest BCUT2D eigenvalue weighted by Crippen LogP contribution is -2.36. The predicted molar refractivity (Wildman–Crippen MR) is 136 cm³/mol. The average molecular weight is 499 g/mol. The van der Waals surface area contributed by atoms with Crippen LogP contribution in [0.4, 0.5) is 5.69 Å². The molecule has 2 fully saturated rings. The van der Waals surface area contributed by atoms with Gasteiger partial charge in [-0.15, -0.1) is 0 Å². The molecule has 2 unspecified atom stereocenters. The van der Waals surface area contributed by atoms with Crippen LogP contribution in [0.3, 0.4) is 0 Å². The van der Waals surface area contributed by atoms with Crippen molar-refractivity contribution in [2.24, 2.45) is 0 Å². The second-order valence-electron chi connectivity index (χ2n) is 8.69. The van der Waals surface area contributed by atoms with Crippen LogP contribution in [-0.2, 0) is 14.3 Å². The SMILES string of the molecule is CCN(CC)c1ccc(C2/C(=C(\O)c3cc(Cl)ccc3OC)C(=O)C(=O)N2CC2CCCO2)cc1. The van der Waals surface area contributed by atoms with Gasteiger partial charge in [0.15, 0.2) is 0 Å². The summed E-state index contributed by atoms with van der Waals surface area (Å²) in [7, 11) is 1.47. The van der Waals surface area contributed by atoms with Crippen LogP contribution in [0.2, 0.25) is 5.02 Å². The Morgan fingerprint density at radius 1 is 1.17 bits per heavy atom. The van der Waals surface area contributed by atoms with Crippen molar-refractivity contribution in [3.63, 3.8) is 0 Å². The van der Waals surface area contributed by atoms with Crippen molar-refractivity contribution in [3.8, 4) is 5.75 Å². The van der Waals surface area contributed by atoms with E-state index >= 15 is 0 Å². The molecule has 0 bridgehead atoms. The molecular formula is C27H31ClN2O5. The Hall–Kier alpha value is -3.03. The van der Waals surface area contributed by atoms with Crippen LogP contribution in [0, 0.1) is 0 Å². The molecule has 1 N–H and O–H groups in total. The van der Waals surface area contributed by atoms with E-state index in [1.165, 1.54) is 18.1 Å². The second kappa shape index (κ2) is 10.7. The number of ether oxygens (including phenoxy) is 2. The molecule has 0 spiro atoms. The van der Waals surface area contributed by atoms with Crippen molar-refractivity contribution in [2.75, 3.05) is 38.3 Å². The molecule has 7 nitrogen and oxygen atoms in total. The Kier molecular flexibility index (Phi) is 7.67. The minimum Gasteiger partial charge on any atom is -0.507 e. The predicted octanol–water partition coefficient (Wildman–Crippen LogP) is 4.80. The van der Waals surface area contributed by atoms with Gasteiger partial charge in [0.2, 0.25) is 0 Å². The number of benzene rings is 2. The van der Waals surface area contributed by atoms with Crippen LogP contribution < -0.4 is 9.64 Å². The first-order valence-electron chi connectivity index (χ1n) is 12.0. The first-order valence-corrected chi connectivity index (χ1v) is 12.4. The number of ketones is 1. The standard InChI is InChI=1S/C27H31ClN2O5/c1-4-29(5-2)19-11-8-17(9-12-19)24-23(25(31)21-15-18(28)10-13-22(21)34-3)26(32)27(33)30(24)16-20-7-6-14-35-20/h8-13,15,20,24,31H,4-7,14,16H2,1-3H3/b25-23+. The molecule has 2 aliphatic rings. The van der Waals surface area contributed by atoms with E-state index in [0.717, 1.165) is 37.2 Å².